The van der Waals surface area contributed by atoms with E-state index >= 15 is 0 Å². The molecule has 1 N–H and O–H groups in total. The van der Waals surface area contributed by atoms with Crippen molar-refractivity contribution in [3.63, 3.8) is 0 Å². The first-order valence-electron chi connectivity index (χ1n) is 10.1. The van der Waals surface area contributed by atoms with Crippen molar-refractivity contribution in [3.05, 3.63) is 103 Å². The van der Waals surface area contributed by atoms with Gasteiger partial charge in [-0.25, -0.2) is 4.52 Å². The molecule has 3 aromatic carbocycles. The van der Waals surface area contributed by atoms with Crippen LogP contribution in [0.4, 0.5) is 5.69 Å². The summed E-state index contributed by atoms with van der Waals surface area (Å²) in [6.45, 7) is 1.80. The molecule has 0 saturated carbocycles. The molecule has 2 aromatic heterocycles. The maximum absolute atomic E-state index is 12.8. The Labute approximate surface area is 184 Å². The van der Waals surface area contributed by atoms with Crippen molar-refractivity contribution in [2.45, 2.75) is 6.92 Å². The number of para-hydroxylation sites is 1. The van der Waals surface area contributed by atoms with E-state index in [1.807, 2.05) is 60.7 Å². The Bertz CT molecular complexity index is 1380. The van der Waals surface area contributed by atoms with E-state index < -0.39 is 0 Å². The summed E-state index contributed by atoms with van der Waals surface area (Å²) in [5.74, 6) is 1.07. The molecule has 0 spiro atoms. The highest BCUT2D eigenvalue weighted by Crippen LogP contribution is 2.25. The lowest BCUT2D eigenvalue weighted by Crippen LogP contribution is -2.18. The largest absolute Gasteiger partial charge is 0.457 e. The maximum Gasteiger partial charge on any atom is 0.278 e. The van der Waals surface area contributed by atoms with Crippen molar-refractivity contribution in [2.24, 2.45) is 0 Å². The van der Waals surface area contributed by atoms with Crippen molar-refractivity contribution in [1.29, 1.82) is 0 Å². The third kappa shape index (κ3) is 3.79. The molecular formula is C25H19N5O2. The smallest absolute Gasteiger partial charge is 0.278 e. The van der Waals surface area contributed by atoms with Crippen LogP contribution in [0.25, 0.3) is 16.8 Å². The number of carbonyl (C=O) groups excluding carboxylic acids is 1. The molecule has 0 aliphatic heterocycles. The van der Waals surface area contributed by atoms with Crippen LogP contribution in [0.1, 0.15) is 16.2 Å². The number of benzene rings is 3. The van der Waals surface area contributed by atoms with Gasteiger partial charge in [-0.3, -0.25) is 4.79 Å². The second-order valence-electron chi connectivity index (χ2n) is 7.19. The maximum atomic E-state index is 12.8. The van der Waals surface area contributed by atoms with Gasteiger partial charge in [-0.1, -0.05) is 48.5 Å². The van der Waals surface area contributed by atoms with Gasteiger partial charge in [-0.05, 0) is 48.9 Å². The van der Waals surface area contributed by atoms with Gasteiger partial charge in [0.25, 0.3) is 5.91 Å². The summed E-state index contributed by atoms with van der Waals surface area (Å²) in [5.41, 5.74) is 3.91. The zero-order chi connectivity index (χ0) is 21.9. The first-order chi connectivity index (χ1) is 15.7. The Balaban J connectivity index is 1.35. The van der Waals surface area contributed by atoms with Gasteiger partial charge in [0.2, 0.25) is 0 Å². The minimum absolute atomic E-state index is 0.213. The normalized spacial score (nSPS) is 10.8. The first kappa shape index (κ1) is 19.4. The van der Waals surface area contributed by atoms with Gasteiger partial charge < -0.3 is 10.1 Å². The number of anilines is 1. The van der Waals surface area contributed by atoms with Crippen molar-refractivity contribution in [1.82, 2.24) is 19.8 Å². The molecule has 0 saturated heterocycles. The summed E-state index contributed by atoms with van der Waals surface area (Å²) in [4.78, 5) is 12.8. The summed E-state index contributed by atoms with van der Waals surface area (Å²) >= 11 is 0. The number of nitrogens with one attached hydrogen (secondary N) is 1. The van der Waals surface area contributed by atoms with Crippen molar-refractivity contribution < 1.29 is 9.53 Å². The predicted molar refractivity (Wildman–Crippen MR) is 122 cm³/mol. The quantitative estimate of drug-likeness (QED) is 0.425. The molecule has 5 rings (SSSR count). The monoisotopic (exact) mass is 421 g/mol. The van der Waals surface area contributed by atoms with Crippen molar-refractivity contribution >= 4 is 17.2 Å². The zero-order valence-corrected chi connectivity index (χ0v) is 17.3. The SMILES string of the molecule is Cc1c(C(=O)Nc2ccc(Oc3ccccc3)cc2)nnc2c(-c3ccccc3)cnn12. The molecule has 0 radical (unpaired) electrons. The Morgan fingerprint density at radius 1 is 0.844 bits per heavy atom. The summed E-state index contributed by atoms with van der Waals surface area (Å²) in [6, 6.07) is 26.5. The Hall–Kier alpha value is -4.52. The Morgan fingerprint density at radius 3 is 2.22 bits per heavy atom. The van der Waals surface area contributed by atoms with E-state index in [0.717, 1.165) is 16.9 Å². The highest BCUT2D eigenvalue weighted by molar-refractivity contribution is 6.03. The second kappa shape index (κ2) is 8.31. The Morgan fingerprint density at radius 2 is 1.50 bits per heavy atom. The number of rotatable bonds is 5. The van der Waals surface area contributed by atoms with E-state index in [4.69, 9.17) is 4.74 Å². The molecule has 0 fully saturated rings. The summed E-state index contributed by atoms with van der Waals surface area (Å²) < 4.78 is 7.42. The van der Waals surface area contributed by atoms with Gasteiger partial charge >= 0.3 is 0 Å². The highest BCUT2D eigenvalue weighted by atomic mass is 16.5. The minimum atomic E-state index is -0.356. The number of hydrogen-bond acceptors (Lipinski definition) is 5. The molecule has 0 aliphatic rings. The van der Waals surface area contributed by atoms with Crippen LogP contribution >= 0.6 is 0 Å². The summed E-state index contributed by atoms with van der Waals surface area (Å²) in [5, 5.41) is 15.7. The van der Waals surface area contributed by atoms with Gasteiger partial charge in [-0.15, -0.1) is 10.2 Å². The second-order valence-corrected chi connectivity index (χ2v) is 7.19. The van der Waals surface area contributed by atoms with Crippen LogP contribution in [0.5, 0.6) is 11.5 Å². The number of fused-ring (bicyclic) bond motifs is 1. The van der Waals surface area contributed by atoms with E-state index in [-0.39, 0.29) is 11.6 Å². The number of nitrogens with zero attached hydrogens (tertiary/aromatic N) is 4. The van der Waals surface area contributed by atoms with E-state index in [9.17, 15) is 4.79 Å². The average molecular weight is 421 g/mol. The van der Waals surface area contributed by atoms with Crippen LogP contribution in [0.15, 0.2) is 91.1 Å². The third-order valence-corrected chi connectivity index (χ3v) is 5.04. The number of aryl methyl sites for hydroxylation is 1. The van der Waals surface area contributed by atoms with Crippen molar-refractivity contribution in [3.8, 4) is 22.6 Å². The van der Waals surface area contributed by atoms with Gasteiger partial charge in [0, 0.05) is 11.3 Å². The lowest BCUT2D eigenvalue weighted by Gasteiger charge is -2.09. The number of carbonyl (C=O) groups is 1. The van der Waals surface area contributed by atoms with Crippen molar-refractivity contribution in [2.75, 3.05) is 5.32 Å². The van der Waals surface area contributed by atoms with Crippen LogP contribution < -0.4 is 10.1 Å². The molecule has 2 heterocycles. The van der Waals surface area contributed by atoms with Gasteiger partial charge in [-0.2, -0.15) is 5.10 Å². The molecule has 5 aromatic rings. The standard InChI is InChI=1S/C25H19N5O2/c1-17-23(28-29-24-22(16-26-30(17)24)18-8-4-2-5-9-18)25(31)27-19-12-14-21(15-13-19)32-20-10-6-3-7-11-20/h2-16H,1H3,(H,27,31). The van der Waals surface area contributed by atoms with Crippen LogP contribution in [0.3, 0.4) is 0 Å². The minimum Gasteiger partial charge on any atom is -0.457 e. The summed E-state index contributed by atoms with van der Waals surface area (Å²) in [7, 11) is 0. The molecule has 0 unspecified atom stereocenters. The highest BCUT2D eigenvalue weighted by Gasteiger charge is 2.18. The number of amides is 1. The van der Waals surface area contributed by atoms with Crippen LogP contribution in [-0.4, -0.2) is 25.7 Å². The van der Waals surface area contributed by atoms with Crippen LogP contribution in [-0.2, 0) is 0 Å². The average Bonchev–Trinajstić information content (AvgIpc) is 3.27. The topological polar surface area (TPSA) is 81.4 Å². The van der Waals surface area contributed by atoms with Crippen LogP contribution in [0, 0.1) is 6.92 Å². The zero-order valence-electron chi connectivity index (χ0n) is 17.3. The number of aromatic nitrogens is 4. The fourth-order valence-corrected chi connectivity index (χ4v) is 3.41. The molecule has 1 amide bonds. The lowest BCUT2D eigenvalue weighted by atomic mass is 10.1. The lowest BCUT2D eigenvalue weighted by molar-refractivity contribution is 0.102. The molecule has 0 atom stereocenters. The molecular weight excluding hydrogens is 402 g/mol. The molecule has 156 valence electrons. The van der Waals surface area contributed by atoms with E-state index in [2.05, 4.69) is 20.6 Å². The molecule has 7 heteroatoms. The molecule has 7 nitrogen and oxygen atoms in total. The fraction of sp³-hybridized carbons (Fsp3) is 0.0400. The van der Waals surface area contributed by atoms with E-state index in [1.54, 1.807) is 41.9 Å². The number of hydrogen-bond donors (Lipinski definition) is 1. The number of ether oxygens (including phenoxy) is 1. The van der Waals surface area contributed by atoms with E-state index in [0.29, 0.717) is 22.8 Å². The predicted octanol–water partition coefficient (Wildman–Crippen LogP) is 5.14. The Kier molecular flexibility index (Phi) is 5.05. The van der Waals surface area contributed by atoms with Crippen LogP contribution in [0.2, 0.25) is 0 Å². The molecule has 32 heavy (non-hydrogen) atoms. The van der Waals surface area contributed by atoms with Gasteiger partial charge in [0.05, 0.1) is 11.9 Å². The molecule has 0 aliphatic carbocycles. The fourth-order valence-electron chi connectivity index (χ4n) is 3.41. The first-order valence-corrected chi connectivity index (χ1v) is 10.1. The van der Waals surface area contributed by atoms with Gasteiger partial charge in [0.1, 0.15) is 11.5 Å². The van der Waals surface area contributed by atoms with E-state index in [1.165, 1.54) is 0 Å². The molecule has 0 bridgehead atoms. The van der Waals surface area contributed by atoms with Gasteiger partial charge in [0.15, 0.2) is 11.3 Å². The third-order valence-electron chi connectivity index (χ3n) is 5.04. The summed E-state index contributed by atoms with van der Waals surface area (Å²) in [6.07, 6.45) is 1.74.